The molecule has 0 radical (unpaired) electrons. The van der Waals surface area contributed by atoms with Crippen molar-refractivity contribution in [2.45, 2.75) is 12.8 Å². The van der Waals surface area contributed by atoms with Crippen molar-refractivity contribution in [3.8, 4) is 0 Å². The van der Waals surface area contributed by atoms with Crippen molar-refractivity contribution < 1.29 is 19.5 Å². The highest BCUT2D eigenvalue weighted by Gasteiger charge is 2.19. The Morgan fingerprint density at radius 1 is 1.44 bits per heavy atom. The Kier molecular flexibility index (Phi) is 4.50. The number of nitrogens with one attached hydrogen (secondary N) is 1. The zero-order chi connectivity index (χ0) is 12.0. The van der Waals surface area contributed by atoms with Gasteiger partial charge in [-0.05, 0) is 6.42 Å². The number of carbonyl (C=O) groups is 3. The molecule has 6 heteroatoms. The first-order chi connectivity index (χ1) is 7.59. The van der Waals surface area contributed by atoms with Gasteiger partial charge in [0.2, 0.25) is 11.8 Å². The second kappa shape index (κ2) is 5.89. The third kappa shape index (κ3) is 4.12. The minimum atomic E-state index is -1.16. The van der Waals surface area contributed by atoms with E-state index in [4.69, 9.17) is 5.11 Å². The molecule has 6 nitrogen and oxygen atoms in total. The van der Waals surface area contributed by atoms with Crippen LogP contribution < -0.4 is 5.32 Å². The molecular weight excluding hydrogens is 212 g/mol. The van der Waals surface area contributed by atoms with Gasteiger partial charge < -0.3 is 15.3 Å². The molecule has 16 heavy (non-hydrogen) atoms. The summed E-state index contributed by atoms with van der Waals surface area (Å²) in [5, 5.41) is 10.8. The molecule has 1 heterocycles. The molecule has 1 saturated heterocycles. The molecule has 0 aliphatic carbocycles. The highest BCUT2D eigenvalue weighted by atomic mass is 16.4. The molecule has 0 aromatic carbocycles. The lowest BCUT2D eigenvalue weighted by Crippen LogP contribution is -2.34. The van der Waals surface area contributed by atoms with Crippen molar-refractivity contribution in [2.75, 3.05) is 19.6 Å². The van der Waals surface area contributed by atoms with Crippen LogP contribution in [0.15, 0.2) is 12.2 Å². The van der Waals surface area contributed by atoms with E-state index in [0.29, 0.717) is 19.5 Å². The van der Waals surface area contributed by atoms with Gasteiger partial charge in [-0.3, -0.25) is 9.59 Å². The van der Waals surface area contributed by atoms with Crippen LogP contribution in [-0.2, 0) is 14.4 Å². The molecule has 88 valence electrons. The molecular formula is C10H14N2O4. The van der Waals surface area contributed by atoms with Crippen molar-refractivity contribution in [2.24, 2.45) is 0 Å². The number of nitrogens with zero attached hydrogens (tertiary/aromatic N) is 1. The predicted octanol–water partition coefficient (Wildman–Crippen LogP) is -0.634. The van der Waals surface area contributed by atoms with Gasteiger partial charge in [0, 0.05) is 38.2 Å². The van der Waals surface area contributed by atoms with Gasteiger partial charge in [-0.25, -0.2) is 4.79 Å². The van der Waals surface area contributed by atoms with Gasteiger partial charge in [-0.2, -0.15) is 0 Å². The molecule has 2 N–H and O–H groups in total. The molecule has 0 aromatic heterocycles. The Bertz CT molecular complexity index is 325. The van der Waals surface area contributed by atoms with Crippen LogP contribution in [0.4, 0.5) is 0 Å². The number of carboxylic acid groups (broad SMARTS) is 1. The lowest BCUT2D eigenvalue weighted by Gasteiger charge is -2.14. The average molecular weight is 226 g/mol. The summed E-state index contributed by atoms with van der Waals surface area (Å²) >= 11 is 0. The molecule has 1 rings (SSSR count). The number of hydrogen-bond donors (Lipinski definition) is 2. The normalized spacial score (nSPS) is 15.8. The fourth-order valence-electron chi connectivity index (χ4n) is 1.46. The summed E-state index contributed by atoms with van der Waals surface area (Å²) in [5.74, 6) is -1.52. The van der Waals surface area contributed by atoms with Gasteiger partial charge >= 0.3 is 5.97 Å². The summed E-state index contributed by atoms with van der Waals surface area (Å²) in [6, 6.07) is 0. The SMILES string of the molecule is O=C(O)/C=C\C(=O)NCCN1CCCC1=O. The first-order valence-corrected chi connectivity index (χ1v) is 5.06. The summed E-state index contributed by atoms with van der Waals surface area (Å²) in [7, 11) is 0. The van der Waals surface area contributed by atoms with Crippen LogP contribution in [0.2, 0.25) is 0 Å². The summed E-state index contributed by atoms with van der Waals surface area (Å²) < 4.78 is 0. The lowest BCUT2D eigenvalue weighted by molar-refractivity contribution is -0.131. The van der Waals surface area contributed by atoms with Crippen LogP contribution in [0.1, 0.15) is 12.8 Å². The number of aliphatic carboxylic acids is 1. The maximum Gasteiger partial charge on any atom is 0.328 e. The zero-order valence-electron chi connectivity index (χ0n) is 8.81. The summed E-state index contributed by atoms with van der Waals surface area (Å²) in [4.78, 5) is 34.0. The van der Waals surface area contributed by atoms with E-state index in [-0.39, 0.29) is 5.91 Å². The fourth-order valence-corrected chi connectivity index (χ4v) is 1.46. The highest BCUT2D eigenvalue weighted by Crippen LogP contribution is 2.07. The first kappa shape index (κ1) is 12.2. The van der Waals surface area contributed by atoms with E-state index < -0.39 is 11.9 Å². The molecule has 0 atom stereocenters. The summed E-state index contributed by atoms with van der Waals surface area (Å²) in [5.41, 5.74) is 0. The molecule has 0 spiro atoms. The average Bonchev–Trinajstić information content (AvgIpc) is 2.61. The van der Waals surface area contributed by atoms with Crippen LogP contribution in [-0.4, -0.2) is 47.4 Å². The van der Waals surface area contributed by atoms with Crippen LogP contribution in [0.25, 0.3) is 0 Å². The van der Waals surface area contributed by atoms with Crippen LogP contribution in [0.5, 0.6) is 0 Å². The molecule has 1 aliphatic heterocycles. The largest absolute Gasteiger partial charge is 0.478 e. The molecule has 1 fully saturated rings. The maximum absolute atomic E-state index is 11.2. The van der Waals surface area contributed by atoms with Crippen LogP contribution >= 0.6 is 0 Å². The summed E-state index contributed by atoms with van der Waals surface area (Å²) in [6.07, 6.45) is 3.17. The van der Waals surface area contributed by atoms with Crippen molar-refractivity contribution in [1.82, 2.24) is 10.2 Å². The molecule has 0 bridgehead atoms. The quantitative estimate of drug-likeness (QED) is 0.611. The highest BCUT2D eigenvalue weighted by molar-refractivity contribution is 5.93. The van der Waals surface area contributed by atoms with E-state index in [0.717, 1.165) is 25.1 Å². The fraction of sp³-hybridized carbons (Fsp3) is 0.500. The predicted molar refractivity (Wildman–Crippen MR) is 55.6 cm³/mol. The minimum Gasteiger partial charge on any atom is -0.478 e. The summed E-state index contributed by atoms with van der Waals surface area (Å²) in [6.45, 7) is 1.56. The Morgan fingerprint density at radius 3 is 2.75 bits per heavy atom. The number of likely N-dealkylation sites (tertiary alicyclic amines) is 1. The van der Waals surface area contributed by atoms with E-state index in [2.05, 4.69) is 5.32 Å². The number of amides is 2. The number of carboxylic acids is 1. The van der Waals surface area contributed by atoms with Gasteiger partial charge in [0.05, 0.1) is 0 Å². The third-order valence-electron chi connectivity index (χ3n) is 2.23. The van der Waals surface area contributed by atoms with Crippen molar-refractivity contribution in [3.05, 3.63) is 12.2 Å². The van der Waals surface area contributed by atoms with E-state index in [1.54, 1.807) is 4.90 Å². The molecule has 0 aromatic rings. The first-order valence-electron chi connectivity index (χ1n) is 5.06. The second-order valence-electron chi connectivity index (χ2n) is 3.45. The molecule has 0 unspecified atom stereocenters. The van der Waals surface area contributed by atoms with Crippen molar-refractivity contribution in [1.29, 1.82) is 0 Å². The monoisotopic (exact) mass is 226 g/mol. The standard InChI is InChI=1S/C10H14N2O4/c13-8(3-4-10(15)16)11-5-7-12-6-1-2-9(12)14/h3-4H,1-2,5-7H2,(H,11,13)(H,15,16)/b4-3-. The Morgan fingerprint density at radius 2 is 2.19 bits per heavy atom. The Balaban J connectivity index is 2.17. The van der Waals surface area contributed by atoms with Crippen LogP contribution in [0.3, 0.4) is 0 Å². The van der Waals surface area contributed by atoms with Gasteiger partial charge in [0.1, 0.15) is 0 Å². The third-order valence-corrected chi connectivity index (χ3v) is 2.23. The maximum atomic E-state index is 11.2. The Labute approximate surface area is 92.9 Å². The van der Waals surface area contributed by atoms with Crippen molar-refractivity contribution in [3.63, 3.8) is 0 Å². The van der Waals surface area contributed by atoms with Gasteiger partial charge in [-0.1, -0.05) is 0 Å². The molecule has 1 aliphatic rings. The van der Waals surface area contributed by atoms with Crippen LogP contribution in [0, 0.1) is 0 Å². The van der Waals surface area contributed by atoms with E-state index >= 15 is 0 Å². The topological polar surface area (TPSA) is 86.7 Å². The minimum absolute atomic E-state index is 0.107. The zero-order valence-corrected chi connectivity index (χ0v) is 8.81. The molecule has 0 saturated carbocycles. The number of hydrogen-bond acceptors (Lipinski definition) is 3. The Hall–Kier alpha value is -1.85. The number of carbonyl (C=O) groups excluding carboxylic acids is 2. The smallest absolute Gasteiger partial charge is 0.328 e. The van der Waals surface area contributed by atoms with Gasteiger partial charge in [-0.15, -0.1) is 0 Å². The van der Waals surface area contributed by atoms with Gasteiger partial charge in [0.15, 0.2) is 0 Å². The van der Waals surface area contributed by atoms with E-state index in [1.807, 2.05) is 0 Å². The van der Waals surface area contributed by atoms with Gasteiger partial charge in [0.25, 0.3) is 0 Å². The molecule has 2 amide bonds. The second-order valence-corrected chi connectivity index (χ2v) is 3.45. The number of rotatable bonds is 5. The van der Waals surface area contributed by atoms with Crippen molar-refractivity contribution >= 4 is 17.8 Å². The van der Waals surface area contributed by atoms with E-state index in [1.165, 1.54) is 0 Å². The lowest BCUT2D eigenvalue weighted by atomic mass is 10.4. The van der Waals surface area contributed by atoms with E-state index in [9.17, 15) is 14.4 Å².